The Morgan fingerprint density at radius 2 is 1.29 bits per heavy atom. The van der Waals surface area contributed by atoms with Crippen LogP contribution in [0.4, 0.5) is 5.00 Å². The van der Waals surface area contributed by atoms with Crippen LogP contribution in [-0.2, 0) is 0 Å². The van der Waals surface area contributed by atoms with Crippen LogP contribution in [0.25, 0.3) is 57.3 Å². The van der Waals surface area contributed by atoms with E-state index in [9.17, 15) is 5.26 Å². The van der Waals surface area contributed by atoms with Crippen LogP contribution in [0.5, 0.6) is 0 Å². The van der Waals surface area contributed by atoms with Crippen molar-refractivity contribution >= 4 is 80.2 Å². The van der Waals surface area contributed by atoms with Crippen molar-refractivity contribution in [2.24, 2.45) is 0 Å². The maximum atomic E-state index is 9.22. The van der Waals surface area contributed by atoms with Gasteiger partial charge in [0.1, 0.15) is 10.9 Å². The Labute approximate surface area is 168 Å². The zero-order valence-corrected chi connectivity index (χ0v) is 16.1. The van der Waals surface area contributed by atoms with Gasteiger partial charge in [-0.2, -0.15) is 16.6 Å². The van der Waals surface area contributed by atoms with E-state index in [0.717, 1.165) is 30.1 Å². The lowest BCUT2D eigenvalue weighted by Crippen LogP contribution is -1.81. The van der Waals surface area contributed by atoms with Crippen LogP contribution in [0.1, 0.15) is 4.88 Å². The fraction of sp³-hybridized carbons (Fsp3) is 0. The SMILES string of the molecule is [C-]#[N+]c1cc2cc3c(ccc4c5cc6cc(C#N)sc6cc5ccc34)cc2s1. The van der Waals surface area contributed by atoms with Gasteiger partial charge in [-0.25, -0.2) is 4.85 Å². The average Bonchev–Trinajstić information content (AvgIpc) is 3.32. The quantitative estimate of drug-likeness (QED) is 0.191. The molecule has 0 fully saturated rings. The van der Waals surface area contributed by atoms with Gasteiger partial charge < -0.3 is 0 Å². The molecule has 128 valence electrons. The van der Waals surface area contributed by atoms with E-state index >= 15 is 0 Å². The molecule has 0 atom stereocenters. The lowest BCUT2D eigenvalue weighted by molar-refractivity contribution is 1.52. The molecule has 0 aliphatic heterocycles. The highest BCUT2D eigenvalue weighted by Crippen LogP contribution is 2.39. The summed E-state index contributed by atoms with van der Waals surface area (Å²) in [4.78, 5) is 4.33. The monoisotopic (exact) mass is 390 g/mol. The Balaban J connectivity index is 1.74. The van der Waals surface area contributed by atoms with Gasteiger partial charge >= 0.3 is 0 Å². The van der Waals surface area contributed by atoms with Crippen molar-refractivity contribution in [3.63, 3.8) is 0 Å². The molecule has 0 saturated heterocycles. The third-order valence-electron chi connectivity index (χ3n) is 5.31. The van der Waals surface area contributed by atoms with E-state index in [0.29, 0.717) is 0 Å². The van der Waals surface area contributed by atoms with E-state index in [1.165, 1.54) is 32.3 Å². The Morgan fingerprint density at radius 1 is 0.679 bits per heavy atom. The first-order valence-corrected chi connectivity index (χ1v) is 10.4. The lowest BCUT2D eigenvalue weighted by atomic mass is 9.96. The number of benzene rings is 4. The van der Waals surface area contributed by atoms with Crippen molar-refractivity contribution in [3.8, 4) is 6.07 Å². The van der Waals surface area contributed by atoms with Crippen LogP contribution in [0.3, 0.4) is 0 Å². The minimum Gasteiger partial charge on any atom is -0.227 e. The Kier molecular flexibility index (Phi) is 3.08. The molecule has 0 unspecified atom stereocenters. The second-order valence-corrected chi connectivity index (χ2v) is 9.01. The van der Waals surface area contributed by atoms with Gasteiger partial charge in [0.05, 0.1) is 6.57 Å². The minimum absolute atomic E-state index is 0.730. The first-order valence-electron chi connectivity index (χ1n) is 8.77. The molecule has 2 aromatic heterocycles. The summed E-state index contributed by atoms with van der Waals surface area (Å²) in [6, 6.07) is 23.7. The van der Waals surface area contributed by atoms with Crippen molar-refractivity contribution in [1.82, 2.24) is 0 Å². The Bertz CT molecular complexity index is 1560. The molecule has 0 saturated carbocycles. The van der Waals surface area contributed by atoms with Crippen molar-refractivity contribution < 1.29 is 0 Å². The fourth-order valence-electron chi connectivity index (χ4n) is 4.04. The van der Waals surface area contributed by atoms with Gasteiger partial charge in [0.25, 0.3) is 0 Å². The fourth-order valence-corrected chi connectivity index (χ4v) is 5.81. The summed E-state index contributed by atoms with van der Waals surface area (Å²) in [6.07, 6.45) is 0. The van der Waals surface area contributed by atoms with Crippen LogP contribution < -0.4 is 0 Å². The van der Waals surface area contributed by atoms with Gasteiger partial charge in [-0.1, -0.05) is 24.3 Å². The first kappa shape index (κ1) is 15.6. The Morgan fingerprint density at radius 3 is 1.89 bits per heavy atom. The van der Waals surface area contributed by atoms with Crippen molar-refractivity contribution in [2.45, 2.75) is 0 Å². The molecule has 6 rings (SSSR count). The molecule has 2 nitrogen and oxygen atoms in total. The first-order chi connectivity index (χ1) is 13.7. The highest BCUT2D eigenvalue weighted by molar-refractivity contribution is 7.23. The van der Waals surface area contributed by atoms with E-state index in [1.807, 2.05) is 12.1 Å². The van der Waals surface area contributed by atoms with Crippen LogP contribution >= 0.6 is 22.7 Å². The number of thiophene rings is 2. The van der Waals surface area contributed by atoms with Gasteiger partial charge in [-0.3, -0.25) is 0 Å². The van der Waals surface area contributed by atoms with Gasteiger partial charge in [0.15, 0.2) is 0 Å². The molecule has 0 spiro atoms. The summed E-state index contributed by atoms with van der Waals surface area (Å²) >= 11 is 3.09. The van der Waals surface area contributed by atoms with Crippen molar-refractivity contribution in [1.29, 1.82) is 5.26 Å². The molecule has 2 heterocycles. The number of nitriles is 1. The molecule has 4 heteroatoms. The molecule has 28 heavy (non-hydrogen) atoms. The second-order valence-electron chi connectivity index (χ2n) is 6.87. The number of nitrogens with zero attached hydrogens (tertiary/aromatic N) is 2. The van der Waals surface area contributed by atoms with Gasteiger partial charge in [-0.15, -0.1) is 11.3 Å². The predicted molar refractivity (Wildman–Crippen MR) is 121 cm³/mol. The normalized spacial score (nSPS) is 11.5. The molecule has 0 amide bonds. The number of hydrogen-bond donors (Lipinski definition) is 0. The standard InChI is InChI=1S/C24H10N2S2/c1-26-24-11-16-8-21-14(10-23(16)28-24)3-5-18-19(21)4-2-13-9-22-15(7-20(13)18)6-17(12-25)27-22/h2-11H. The zero-order chi connectivity index (χ0) is 18.8. The molecule has 4 aromatic carbocycles. The summed E-state index contributed by atoms with van der Waals surface area (Å²) in [5.41, 5.74) is 0. The summed E-state index contributed by atoms with van der Waals surface area (Å²) in [5.74, 6) is 0. The maximum Gasteiger partial charge on any atom is 0.242 e. The topological polar surface area (TPSA) is 28.1 Å². The second kappa shape index (κ2) is 5.53. The van der Waals surface area contributed by atoms with E-state index in [-0.39, 0.29) is 0 Å². The van der Waals surface area contributed by atoms with Crippen LogP contribution in [-0.4, -0.2) is 0 Å². The van der Waals surface area contributed by atoms with E-state index in [4.69, 9.17) is 6.57 Å². The largest absolute Gasteiger partial charge is 0.242 e. The summed E-state index contributed by atoms with van der Waals surface area (Å²) in [7, 11) is 0. The van der Waals surface area contributed by atoms with Gasteiger partial charge in [0, 0.05) is 9.40 Å². The third kappa shape index (κ3) is 2.11. The molecule has 0 bridgehead atoms. The summed E-state index contributed by atoms with van der Waals surface area (Å²) in [5, 5.41) is 19.4. The summed E-state index contributed by atoms with van der Waals surface area (Å²) in [6.45, 7) is 7.28. The van der Waals surface area contributed by atoms with Crippen LogP contribution in [0.15, 0.2) is 60.7 Å². The molecule has 6 aromatic rings. The summed E-state index contributed by atoms with van der Waals surface area (Å²) < 4.78 is 2.30. The zero-order valence-electron chi connectivity index (χ0n) is 14.5. The highest BCUT2D eigenvalue weighted by Gasteiger charge is 2.10. The van der Waals surface area contributed by atoms with Gasteiger partial charge in [-0.05, 0) is 79.5 Å². The molecule has 0 radical (unpaired) electrons. The van der Waals surface area contributed by atoms with Crippen LogP contribution in [0, 0.1) is 17.9 Å². The number of rotatable bonds is 0. The highest BCUT2D eigenvalue weighted by atomic mass is 32.1. The van der Waals surface area contributed by atoms with Crippen molar-refractivity contribution in [2.75, 3.05) is 0 Å². The van der Waals surface area contributed by atoms with Crippen molar-refractivity contribution in [3.05, 3.63) is 77.0 Å². The average molecular weight is 390 g/mol. The molecule has 0 aliphatic rings. The predicted octanol–water partition coefficient (Wildman–Crippen LogP) is 8.00. The molecular weight excluding hydrogens is 380 g/mol. The maximum absolute atomic E-state index is 9.22. The van der Waals surface area contributed by atoms with E-state index in [1.54, 1.807) is 22.7 Å². The van der Waals surface area contributed by atoms with Crippen LogP contribution in [0.2, 0.25) is 0 Å². The number of hydrogen-bond acceptors (Lipinski definition) is 3. The number of fused-ring (bicyclic) bond motifs is 7. The molecular formula is C24H10N2S2. The van der Waals surface area contributed by atoms with Gasteiger partial charge in [0.2, 0.25) is 5.00 Å². The lowest BCUT2D eigenvalue weighted by Gasteiger charge is -2.08. The van der Waals surface area contributed by atoms with E-state index < -0.39 is 0 Å². The minimum atomic E-state index is 0.730. The molecule has 0 aliphatic carbocycles. The Hall–Kier alpha value is -3.44. The molecule has 0 N–H and O–H groups in total. The smallest absolute Gasteiger partial charge is 0.227 e. The third-order valence-corrected chi connectivity index (χ3v) is 7.31. The van der Waals surface area contributed by atoms with E-state index in [2.05, 4.69) is 59.4 Å².